The van der Waals surface area contributed by atoms with Crippen LogP contribution < -0.4 is 5.73 Å². The maximum atomic E-state index is 5.84. The molecule has 0 aromatic carbocycles. The normalized spacial score (nSPS) is 17.8. The lowest BCUT2D eigenvalue weighted by Gasteiger charge is -2.14. The summed E-state index contributed by atoms with van der Waals surface area (Å²) in [6, 6.07) is 0. The molecule has 1 heterocycles. The first-order chi connectivity index (χ1) is 6.04. The molecule has 1 aliphatic carbocycles. The van der Waals surface area contributed by atoms with Gasteiger partial charge in [-0.25, -0.2) is 0 Å². The lowest BCUT2D eigenvalue weighted by molar-refractivity contribution is 0.345. The van der Waals surface area contributed by atoms with Gasteiger partial charge in [-0.3, -0.25) is 0 Å². The van der Waals surface area contributed by atoms with Crippen LogP contribution in [0.4, 0.5) is 0 Å². The fraction of sp³-hybridized carbons (Fsp3) is 0.778. The van der Waals surface area contributed by atoms with E-state index in [9.17, 15) is 0 Å². The van der Waals surface area contributed by atoms with Crippen LogP contribution in [0.5, 0.6) is 0 Å². The second kappa shape index (κ2) is 2.80. The predicted molar refractivity (Wildman–Crippen MR) is 48.2 cm³/mol. The number of aromatic nitrogens is 2. The molecule has 0 radical (unpaired) electrons. The second-order valence-electron chi connectivity index (χ2n) is 4.49. The van der Waals surface area contributed by atoms with E-state index < -0.39 is 0 Å². The topological polar surface area (TPSA) is 64.9 Å². The Labute approximate surface area is 77.5 Å². The molecule has 0 bridgehead atoms. The van der Waals surface area contributed by atoms with Gasteiger partial charge < -0.3 is 10.3 Å². The fourth-order valence-corrected chi connectivity index (χ4v) is 1.24. The summed E-state index contributed by atoms with van der Waals surface area (Å²) in [7, 11) is 0. The van der Waals surface area contributed by atoms with Crippen molar-refractivity contribution in [3.8, 4) is 0 Å². The van der Waals surface area contributed by atoms with E-state index in [0.717, 1.165) is 5.82 Å². The molecule has 72 valence electrons. The Balaban J connectivity index is 2.04. The molecule has 0 unspecified atom stereocenters. The highest BCUT2D eigenvalue weighted by atomic mass is 16.5. The van der Waals surface area contributed by atoms with Gasteiger partial charge in [0, 0.05) is 17.9 Å². The summed E-state index contributed by atoms with van der Waals surface area (Å²) in [5.41, 5.74) is 5.57. The molecule has 0 atom stereocenters. The molecule has 1 aliphatic rings. The Bertz CT molecular complexity index is 296. The zero-order valence-corrected chi connectivity index (χ0v) is 8.08. The molecule has 2 N–H and O–H groups in total. The zero-order valence-electron chi connectivity index (χ0n) is 8.08. The standard InChI is InChI=1S/C9H15N3O/c1-9(2,10)5-7-11-8(12-13-7)6-3-4-6/h6H,3-5,10H2,1-2H3. The summed E-state index contributed by atoms with van der Waals surface area (Å²) in [6.45, 7) is 3.90. The summed E-state index contributed by atoms with van der Waals surface area (Å²) < 4.78 is 5.10. The van der Waals surface area contributed by atoms with E-state index in [-0.39, 0.29) is 5.54 Å². The molecule has 4 heteroatoms. The van der Waals surface area contributed by atoms with Crippen molar-refractivity contribution in [3.63, 3.8) is 0 Å². The van der Waals surface area contributed by atoms with Gasteiger partial charge in [0.15, 0.2) is 5.82 Å². The molecule has 1 aromatic heterocycles. The van der Waals surface area contributed by atoms with Gasteiger partial charge in [0.2, 0.25) is 5.89 Å². The Morgan fingerprint density at radius 1 is 1.54 bits per heavy atom. The highest BCUT2D eigenvalue weighted by molar-refractivity contribution is 5.04. The van der Waals surface area contributed by atoms with Gasteiger partial charge in [0.1, 0.15) is 0 Å². The van der Waals surface area contributed by atoms with Crippen molar-refractivity contribution >= 4 is 0 Å². The average Bonchev–Trinajstić information content (AvgIpc) is 2.72. The highest BCUT2D eigenvalue weighted by Crippen LogP contribution is 2.38. The Kier molecular flexibility index (Phi) is 1.87. The summed E-state index contributed by atoms with van der Waals surface area (Å²) in [5.74, 6) is 2.08. The Morgan fingerprint density at radius 3 is 2.77 bits per heavy atom. The van der Waals surface area contributed by atoms with E-state index in [1.54, 1.807) is 0 Å². The molecule has 1 aromatic rings. The number of rotatable bonds is 3. The third-order valence-electron chi connectivity index (χ3n) is 2.03. The van der Waals surface area contributed by atoms with Crippen LogP contribution >= 0.6 is 0 Å². The molecule has 1 saturated carbocycles. The van der Waals surface area contributed by atoms with Crippen molar-refractivity contribution in [1.29, 1.82) is 0 Å². The van der Waals surface area contributed by atoms with Crippen LogP contribution in [0, 0.1) is 0 Å². The van der Waals surface area contributed by atoms with E-state index >= 15 is 0 Å². The highest BCUT2D eigenvalue weighted by Gasteiger charge is 2.29. The van der Waals surface area contributed by atoms with Gasteiger partial charge in [0.25, 0.3) is 0 Å². The average molecular weight is 181 g/mol. The molecule has 1 fully saturated rings. The van der Waals surface area contributed by atoms with E-state index in [4.69, 9.17) is 10.3 Å². The van der Waals surface area contributed by atoms with Crippen LogP contribution in [0.3, 0.4) is 0 Å². The molecule has 13 heavy (non-hydrogen) atoms. The number of hydrogen-bond donors (Lipinski definition) is 1. The number of nitrogens with two attached hydrogens (primary N) is 1. The van der Waals surface area contributed by atoms with Gasteiger partial charge in [-0.2, -0.15) is 4.98 Å². The quantitative estimate of drug-likeness (QED) is 0.761. The first-order valence-electron chi connectivity index (χ1n) is 4.66. The van der Waals surface area contributed by atoms with Gasteiger partial charge in [-0.1, -0.05) is 5.16 Å². The monoisotopic (exact) mass is 181 g/mol. The van der Waals surface area contributed by atoms with E-state index in [0.29, 0.717) is 18.2 Å². The summed E-state index contributed by atoms with van der Waals surface area (Å²) >= 11 is 0. The van der Waals surface area contributed by atoms with Gasteiger partial charge in [-0.05, 0) is 26.7 Å². The van der Waals surface area contributed by atoms with Crippen molar-refractivity contribution < 1.29 is 4.52 Å². The first-order valence-corrected chi connectivity index (χ1v) is 4.66. The molecule has 2 rings (SSSR count). The van der Waals surface area contributed by atoms with Gasteiger partial charge in [-0.15, -0.1) is 0 Å². The van der Waals surface area contributed by atoms with Crippen molar-refractivity contribution in [1.82, 2.24) is 10.1 Å². The molecule has 0 amide bonds. The SMILES string of the molecule is CC(C)(N)Cc1nc(C2CC2)no1. The van der Waals surface area contributed by atoms with Crippen LogP contribution in [-0.2, 0) is 6.42 Å². The van der Waals surface area contributed by atoms with E-state index in [1.165, 1.54) is 12.8 Å². The van der Waals surface area contributed by atoms with Crippen LogP contribution in [0.1, 0.15) is 44.3 Å². The zero-order chi connectivity index (χ0) is 9.47. The van der Waals surface area contributed by atoms with Crippen molar-refractivity contribution in [2.24, 2.45) is 5.73 Å². The molecule has 0 saturated heterocycles. The third-order valence-corrected chi connectivity index (χ3v) is 2.03. The minimum absolute atomic E-state index is 0.270. The number of hydrogen-bond acceptors (Lipinski definition) is 4. The third kappa shape index (κ3) is 2.28. The molecular weight excluding hydrogens is 166 g/mol. The van der Waals surface area contributed by atoms with Gasteiger partial charge in [0.05, 0.1) is 0 Å². The van der Waals surface area contributed by atoms with Crippen LogP contribution in [0.15, 0.2) is 4.52 Å². The smallest absolute Gasteiger partial charge is 0.228 e. The molecule has 0 spiro atoms. The van der Waals surface area contributed by atoms with E-state index in [2.05, 4.69) is 10.1 Å². The second-order valence-corrected chi connectivity index (χ2v) is 4.49. The largest absolute Gasteiger partial charge is 0.339 e. The minimum atomic E-state index is -0.270. The fourth-order valence-electron chi connectivity index (χ4n) is 1.24. The Hall–Kier alpha value is -0.900. The van der Waals surface area contributed by atoms with Crippen LogP contribution in [0.25, 0.3) is 0 Å². The van der Waals surface area contributed by atoms with Crippen molar-refractivity contribution in [3.05, 3.63) is 11.7 Å². The lowest BCUT2D eigenvalue weighted by atomic mass is 10.0. The molecule has 0 aliphatic heterocycles. The van der Waals surface area contributed by atoms with Crippen molar-refractivity contribution in [2.45, 2.75) is 44.6 Å². The summed E-state index contributed by atoms with van der Waals surface area (Å²) in [4.78, 5) is 4.30. The maximum Gasteiger partial charge on any atom is 0.228 e. The van der Waals surface area contributed by atoms with Crippen molar-refractivity contribution in [2.75, 3.05) is 0 Å². The first kappa shape index (κ1) is 8.69. The number of nitrogens with zero attached hydrogens (tertiary/aromatic N) is 2. The molecule has 4 nitrogen and oxygen atoms in total. The van der Waals surface area contributed by atoms with Crippen LogP contribution in [0.2, 0.25) is 0 Å². The van der Waals surface area contributed by atoms with Gasteiger partial charge >= 0.3 is 0 Å². The minimum Gasteiger partial charge on any atom is -0.339 e. The Morgan fingerprint density at radius 2 is 2.23 bits per heavy atom. The predicted octanol–water partition coefficient (Wildman–Crippen LogP) is 1.23. The van der Waals surface area contributed by atoms with E-state index in [1.807, 2.05) is 13.8 Å². The summed E-state index contributed by atoms with van der Waals surface area (Å²) in [6.07, 6.45) is 3.04. The maximum absolute atomic E-state index is 5.84. The van der Waals surface area contributed by atoms with Crippen LogP contribution in [-0.4, -0.2) is 15.7 Å². The summed E-state index contributed by atoms with van der Waals surface area (Å²) in [5, 5.41) is 3.92. The molecular formula is C9H15N3O. The lowest BCUT2D eigenvalue weighted by Crippen LogP contribution is -2.34.